The summed E-state index contributed by atoms with van der Waals surface area (Å²) >= 11 is 0. The van der Waals surface area contributed by atoms with Gasteiger partial charge in [0.25, 0.3) is 0 Å². The maximum absolute atomic E-state index is 10.7. The third-order valence-corrected chi connectivity index (χ3v) is 5.89. The predicted octanol–water partition coefficient (Wildman–Crippen LogP) is -0.765. The number of nitrogens with one attached hydrogen (secondary N) is 1. The Morgan fingerprint density at radius 1 is 1.08 bits per heavy atom. The molecule has 5 N–H and O–H groups in total. The van der Waals surface area contributed by atoms with Gasteiger partial charge in [-0.3, -0.25) is 14.4 Å². The molecule has 0 atom stereocenters. The normalized spacial score (nSPS) is 14.8. The van der Waals surface area contributed by atoms with E-state index in [1.807, 2.05) is 5.32 Å². The highest BCUT2D eigenvalue weighted by atomic mass is 31.2. The third kappa shape index (κ3) is 1.95. The van der Waals surface area contributed by atoms with Crippen molar-refractivity contribution in [2.75, 3.05) is 7.05 Å². The second kappa shape index (κ2) is 3.20. The third-order valence-electron chi connectivity index (χ3n) is 1.61. The molecular formula is C3H11NO6P2. The van der Waals surface area contributed by atoms with Crippen molar-refractivity contribution in [2.45, 2.75) is 11.9 Å². The van der Waals surface area contributed by atoms with Gasteiger partial charge < -0.3 is 19.6 Å². The van der Waals surface area contributed by atoms with E-state index in [4.69, 9.17) is 19.6 Å². The summed E-state index contributed by atoms with van der Waals surface area (Å²) in [6.07, 6.45) is 0. The molecule has 0 bridgehead atoms. The van der Waals surface area contributed by atoms with Gasteiger partial charge in [-0.05, 0) is 14.0 Å². The van der Waals surface area contributed by atoms with Gasteiger partial charge in [0.1, 0.15) is 0 Å². The van der Waals surface area contributed by atoms with Gasteiger partial charge in [-0.25, -0.2) is 0 Å². The molecule has 0 unspecified atom stereocenters. The quantitative estimate of drug-likeness (QED) is 0.394. The van der Waals surface area contributed by atoms with Crippen LogP contribution < -0.4 is 5.32 Å². The number of hydrogen-bond acceptors (Lipinski definition) is 3. The van der Waals surface area contributed by atoms with Gasteiger partial charge in [-0.15, -0.1) is 0 Å². The second-order valence-electron chi connectivity index (χ2n) is 2.36. The summed E-state index contributed by atoms with van der Waals surface area (Å²) in [5.74, 6) is 0. The molecule has 0 aromatic heterocycles. The molecule has 0 amide bonds. The molecule has 74 valence electrons. The van der Waals surface area contributed by atoms with Crippen molar-refractivity contribution in [1.82, 2.24) is 5.32 Å². The Bertz CT molecular complexity index is 230. The maximum atomic E-state index is 10.7. The van der Waals surface area contributed by atoms with E-state index in [2.05, 4.69) is 0 Å². The van der Waals surface area contributed by atoms with E-state index in [1.165, 1.54) is 0 Å². The molecule has 0 aromatic rings. The van der Waals surface area contributed by atoms with Crippen LogP contribution in [0.15, 0.2) is 0 Å². The molecule has 7 nitrogen and oxygen atoms in total. The molecule has 9 heteroatoms. The minimum Gasteiger partial charge on any atom is -0.323 e. The van der Waals surface area contributed by atoms with Crippen LogP contribution in [0.1, 0.15) is 6.92 Å². The first-order valence-electron chi connectivity index (χ1n) is 2.86. The molecule has 0 fully saturated rings. The van der Waals surface area contributed by atoms with Crippen LogP contribution in [0.3, 0.4) is 0 Å². The van der Waals surface area contributed by atoms with Crippen molar-refractivity contribution in [3.63, 3.8) is 0 Å². The lowest BCUT2D eigenvalue weighted by Crippen LogP contribution is -2.38. The van der Waals surface area contributed by atoms with Crippen LogP contribution in [0.2, 0.25) is 0 Å². The summed E-state index contributed by atoms with van der Waals surface area (Å²) in [6.45, 7) is 0.772. The van der Waals surface area contributed by atoms with Crippen molar-refractivity contribution in [2.24, 2.45) is 0 Å². The van der Waals surface area contributed by atoms with Crippen LogP contribution in [0.5, 0.6) is 0 Å². The average molecular weight is 219 g/mol. The van der Waals surface area contributed by atoms with Gasteiger partial charge in [0.15, 0.2) is 0 Å². The standard InChI is InChI=1S/C3H11NO6P2/c1-3(4-2,11(5,6)7)12(8,9)10/h4H,1-2H3,(H2,5,6,7)(H2,8,9,10). The minimum absolute atomic E-state index is 0.772. The summed E-state index contributed by atoms with van der Waals surface area (Å²) in [5.41, 5.74) is 0. The van der Waals surface area contributed by atoms with E-state index in [0.29, 0.717) is 0 Å². The lowest BCUT2D eigenvalue weighted by Gasteiger charge is -2.29. The Morgan fingerprint density at radius 3 is 1.33 bits per heavy atom. The lowest BCUT2D eigenvalue weighted by molar-refractivity contribution is 0.301. The van der Waals surface area contributed by atoms with Gasteiger partial charge in [0.05, 0.1) is 0 Å². The van der Waals surface area contributed by atoms with Gasteiger partial charge in [0.2, 0.25) is 5.02 Å². The molecule has 0 saturated carbocycles. The lowest BCUT2D eigenvalue weighted by atomic mass is 10.7. The van der Waals surface area contributed by atoms with Crippen molar-refractivity contribution in [3.05, 3.63) is 0 Å². The Morgan fingerprint density at radius 2 is 1.33 bits per heavy atom. The monoisotopic (exact) mass is 219 g/mol. The van der Waals surface area contributed by atoms with E-state index in [0.717, 1.165) is 14.0 Å². The molecule has 0 aliphatic heterocycles. The Labute approximate surface area is 69.1 Å². The SMILES string of the molecule is CNC(C)(P(=O)(O)O)P(=O)(O)O. The van der Waals surface area contributed by atoms with Crippen molar-refractivity contribution < 1.29 is 28.7 Å². The smallest absolute Gasteiger partial charge is 0.323 e. The minimum atomic E-state index is -4.88. The van der Waals surface area contributed by atoms with Gasteiger partial charge >= 0.3 is 15.2 Å². The highest BCUT2D eigenvalue weighted by Gasteiger charge is 2.55. The van der Waals surface area contributed by atoms with Crippen LogP contribution in [0, 0.1) is 0 Å². The molecule has 0 saturated heterocycles. The van der Waals surface area contributed by atoms with Crippen LogP contribution in [0.4, 0.5) is 0 Å². The molecule has 12 heavy (non-hydrogen) atoms. The summed E-state index contributed by atoms with van der Waals surface area (Å²) in [6, 6.07) is 0. The van der Waals surface area contributed by atoms with Crippen LogP contribution in [-0.4, -0.2) is 31.6 Å². The molecule has 0 heterocycles. The Hall–Kier alpha value is 0.260. The van der Waals surface area contributed by atoms with Crippen molar-refractivity contribution >= 4 is 15.2 Å². The van der Waals surface area contributed by atoms with E-state index in [1.54, 1.807) is 0 Å². The second-order valence-corrected chi connectivity index (χ2v) is 6.68. The summed E-state index contributed by atoms with van der Waals surface area (Å²) < 4.78 is 21.3. The molecular weight excluding hydrogens is 208 g/mol. The van der Waals surface area contributed by atoms with Crippen molar-refractivity contribution in [3.8, 4) is 0 Å². The molecule has 0 spiro atoms. The summed E-state index contributed by atoms with van der Waals surface area (Å²) in [5, 5.41) is -0.568. The number of hydrogen-bond donors (Lipinski definition) is 5. The van der Waals surface area contributed by atoms with Crippen LogP contribution in [-0.2, 0) is 9.13 Å². The van der Waals surface area contributed by atoms with Crippen LogP contribution >= 0.6 is 15.2 Å². The topological polar surface area (TPSA) is 127 Å². The zero-order valence-electron chi connectivity index (χ0n) is 6.50. The first-order chi connectivity index (χ1) is 5.06. The molecule has 0 aliphatic rings. The average Bonchev–Trinajstić information content (AvgIpc) is 1.81. The fourth-order valence-electron chi connectivity index (χ4n) is 0.461. The Balaban J connectivity index is 5.25. The fraction of sp³-hybridized carbons (Fsp3) is 1.00. The summed E-state index contributed by atoms with van der Waals surface area (Å²) in [7, 11) is -8.70. The zero-order chi connectivity index (χ0) is 10.2. The maximum Gasteiger partial charge on any atom is 0.357 e. The molecule has 0 rings (SSSR count). The highest BCUT2D eigenvalue weighted by molar-refractivity contribution is 7.72. The molecule has 0 aliphatic carbocycles. The zero-order valence-corrected chi connectivity index (χ0v) is 8.29. The Kier molecular flexibility index (Phi) is 3.26. The molecule has 0 radical (unpaired) electrons. The largest absolute Gasteiger partial charge is 0.357 e. The summed E-state index contributed by atoms with van der Waals surface area (Å²) in [4.78, 5) is 34.5. The fourth-order valence-corrected chi connectivity index (χ4v) is 2.40. The van der Waals surface area contributed by atoms with E-state index in [9.17, 15) is 9.13 Å². The predicted molar refractivity (Wildman–Crippen MR) is 41.6 cm³/mol. The molecule has 0 aromatic carbocycles. The first kappa shape index (κ1) is 12.3. The van der Waals surface area contributed by atoms with Crippen molar-refractivity contribution in [1.29, 1.82) is 0 Å². The van der Waals surface area contributed by atoms with Gasteiger partial charge in [0, 0.05) is 0 Å². The van der Waals surface area contributed by atoms with Gasteiger partial charge in [-0.2, -0.15) is 0 Å². The van der Waals surface area contributed by atoms with E-state index in [-0.39, 0.29) is 0 Å². The van der Waals surface area contributed by atoms with E-state index >= 15 is 0 Å². The first-order valence-corrected chi connectivity index (χ1v) is 6.09. The number of rotatable bonds is 3. The highest BCUT2D eigenvalue weighted by Crippen LogP contribution is 2.66. The van der Waals surface area contributed by atoms with Crippen LogP contribution in [0.25, 0.3) is 0 Å². The van der Waals surface area contributed by atoms with Gasteiger partial charge in [-0.1, -0.05) is 0 Å². The van der Waals surface area contributed by atoms with E-state index < -0.39 is 20.2 Å².